The van der Waals surface area contributed by atoms with E-state index in [1.54, 1.807) is 0 Å². The zero-order valence-corrected chi connectivity index (χ0v) is 8.55. The van der Waals surface area contributed by atoms with E-state index in [4.69, 9.17) is 11.5 Å². The van der Waals surface area contributed by atoms with Gasteiger partial charge >= 0.3 is 0 Å². The van der Waals surface area contributed by atoms with Crippen molar-refractivity contribution < 1.29 is 0 Å². The number of nitrogens with two attached hydrogens (primary N) is 2. The molecule has 4 N–H and O–H groups in total. The highest BCUT2D eigenvalue weighted by Crippen LogP contribution is 2.06. The van der Waals surface area contributed by atoms with Crippen LogP contribution >= 0.6 is 0 Å². The number of unbranched alkanes of at least 4 members (excludes halogenated alkanes) is 3. The molecule has 0 aliphatic rings. The molecule has 0 aromatic carbocycles. The van der Waals surface area contributed by atoms with Crippen molar-refractivity contribution in [3.8, 4) is 0 Å². The summed E-state index contributed by atoms with van der Waals surface area (Å²) >= 11 is 0. The third kappa shape index (κ3) is 8.32. The number of rotatable bonds is 7. The van der Waals surface area contributed by atoms with Crippen LogP contribution < -0.4 is 11.5 Å². The maximum atomic E-state index is 5.88. The molecule has 0 radical (unpaired) electrons. The second-order valence-corrected chi connectivity index (χ2v) is 3.59. The second-order valence-electron chi connectivity index (χ2n) is 3.59. The van der Waals surface area contributed by atoms with Crippen molar-refractivity contribution in [2.24, 2.45) is 11.5 Å². The normalized spacial score (nSPS) is 14.8. The Kier molecular flexibility index (Phi) is 12.0. The topological polar surface area (TPSA) is 52.0 Å². The second kappa shape index (κ2) is 10.1. The highest BCUT2D eigenvalue weighted by molar-refractivity contribution is 5.75. The SMILES string of the molecule is B.CCCCCCC(N)C(N)CC. The van der Waals surface area contributed by atoms with Crippen LogP contribution in [-0.2, 0) is 0 Å². The van der Waals surface area contributed by atoms with Crippen LogP contribution in [0.2, 0.25) is 0 Å². The molecule has 0 saturated carbocycles. The van der Waals surface area contributed by atoms with Gasteiger partial charge in [0.1, 0.15) is 0 Å². The van der Waals surface area contributed by atoms with Crippen LogP contribution in [0.3, 0.4) is 0 Å². The van der Waals surface area contributed by atoms with Gasteiger partial charge in [0.25, 0.3) is 0 Å². The van der Waals surface area contributed by atoms with Gasteiger partial charge in [0.05, 0.1) is 8.41 Å². The van der Waals surface area contributed by atoms with Crippen LogP contribution in [0.4, 0.5) is 0 Å². The highest BCUT2D eigenvalue weighted by atomic mass is 14.8. The third-order valence-corrected chi connectivity index (χ3v) is 2.41. The van der Waals surface area contributed by atoms with E-state index in [1.807, 2.05) is 0 Å². The van der Waals surface area contributed by atoms with Gasteiger partial charge in [0, 0.05) is 12.1 Å². The summed E-state index contributed by atoms with van der Waals surface area (Å²) in [7, 11) is 0. The molecule has 0 saturated heterocycles. The van der Waals surface area contributed by atoms with Crippen LogP contribution in [0.15, 0.2) is 0 Å². The predicted octanol–water partition coefficient (Wildman–Crippen LogP) is 0.838. The lowest BCUT2D eigenvalue weighted by Gasteiger charge is -2.17. The van der Waals surface area contributed by atoms with Crippen molar-refractivity contribution in [3.05, 3.63) is 0 Å². The monoisotopic (exact) mass is 186 g/mol. The van der Waals surface area contributed by atoms with Crippen molar-refractivity contribution in [1.82, 2.24) is 0 Å². The van der Waals surface area contributed by atoms with Crippen molar-refractivity contribution >= 4 is 8.41 Å². The molecule has 0 bridgehead atoms. The van der Waals surface area contributed by atoms with E-state index in [9.17, 15) is 0 Å². The molecule has 0 aromatic heterocycles. The molecular formula is C10H27BN2. The average Bonchev–Trinajstić information content (AvgIpc) is 2.10. The smallest absolute Gasteiger partial charge is 0.0814 e. The molecule has 2 atom stereocenters. The summed E-state index contributed by atoms with van der Waals surface area (Å²) in [6, 6.07) is 0.415. The molecule has 2 nitrogen and oxygen atoms in total. The summed E-state index contributed by atoms with van der Waals surface area (Å²) in [6.07, 6.45) is 7.25. The van der Waals surface area contributed by atoms with Gasteiger partial charge in [-0.3, -0.25) is 0 Å². The van der Waals surface area contributed by atoms with Gasteiger partial charge in [-0.25, -0.2) is 0 Å². The van der Waals surface area contributed by atoms with Gasteiger partial charge in [-0.15, -0.1) is 0 Å². The molecule has 0 heterocycles. The van der Waals surface area contributed by atoms with E-state index in [2.05, 4.69) is 13.8 Å². The zero-order chi connectivity index (χ0) is 9.40. The minimum absolute atomic E-state index is 0. The van der Waals surface area contributed by atoms with E-state index in [-0.39, 0.29) is 20.5 Å². The third-order valence-electron chi connectivity index (χ3n) is 2.41. The Morgan fingerprint density at radius 1 is 0.923 bits per heavy atom. The van der Waals surface area contributed by atoms with E-state index in [0.29, 0.717) is 0 Å². The molecule has 2 unspecified atom stereocenters. The van der Waals surface area contributed by atoms with Crippen LogP contribution in [-0.4, -0.2) is 20.5 Å². The van der Waals surface area contributed by atoms with Crippen LogP contribution in [0, 0.1) is 0 Å². The Balaban J connectivity index is 0. The lowest BCUT2D eigenvalue weighted by atomic mass is 10.0. The van der Waals surface area contributed by atoms with Crippen molar-refractivity contribution in [1.29, 1.82) is 0 Å². The largest absolute Gasteiger partial charge is 0.326 e. The summed E-state index contributed by atoms with van der Waals surface area (Å²) in [4.78, 5) is 0. The fourth-order valence-corrected chi connectivity index (χ4v) is 1.32. The first-order valence-electron chi connectivity index (χ1n) is 5.23. The summed E-state index contributed by atoms with van der Waals surface area (Å²) in [5, 5.41) is 0. The van der Waals surface area contributed by atoms with Gasteiger partial charge in [-0.1, -0.05) is 39.5 Å². The van der Waals surface area contributed by atoms with Gasteiger partial charge in [0.15, 0.2) is 0 Å². The van der Waals surface area contributed by atoms with Crippen molar-refractivity contribution in [2.75, 3.05) is 0 Å². The molecular weight excluding hydrogens is 159 g/mol. The predicted molar refractivity (Wildman–Crippen MR) is 64.9 cm³/mol. The van der Waals surface area contributed by atoms with Crippen LogP contribution in [0.25, 0.3) is 0 Å². The molecule has 0 rings (SSSR count). The summed E-state index contributed by atoms with van der Waals surface area (Å²) in [6.45, 7) is 4.31. The number of hydrogen-bond donors (Lipinski definition) is 2. The molecule has 0 aliphatic carbocycles. The highest BCUT2D eigenvalue weighted by Gasteiger charge is 2.09. The lowest BCUT2D eigenvalue weighted by Crippen LogP contribution is -2.40. The maximum Gasteiger partial charge on any atom is 0.0814 e. The quantitative estimate of drug-likeness (QED) is 0.457. The molecule has 0 amide bonds. The fraction of sp³-hybridized carbons (Fsp3) is 1.00. The van der Waals surface area contributed by atoms with E-state index in [0.717, 1.165) is 12.8 Å². The van der Waals surface area contributed by atoms with Crippen molar-refractivity contribution in [2.45, 2.75) is 64.5 Å². The fourth-order valence-electron chi connectivity index (χ4n) is 1.32. The first kappa shape index (κ1) is 15.5. The zero-order valence-electron chi connectivity index (χ0n) is 8.55. The van der Waals surface area contributed by atoms with Crippen LogP contribution in [0.1, 0.15) is 52.4 Å². The van der Waals surface area contributed by atoms with E-state index >= 15 is 0 Å². The Hall–Kier alpha value is -0.0151. The van der Waals surface area contributed by atoms with E-state index < -0.39 is 0 Å². The van der Waals surface area contributed by atoms with Gasteiger partial charge in [0.2, 0.25) is 0 Å². The number of hydrogen-bond acceptors (Lipinski definition) is 2. The summed E-state index contributed by atoms with van der Waals surface area (Å²) in [5.74, 6) is 0. The lowest BCUT2D eigenvalue weighted by molar-refractivity contribution is 0.460. The summed E-state index contributed by atoms with van der Waals surface area (Å²) in [5.41, 5.74) is 11.7. The Labute approximate surface area is 85.0 Å². The maximum absolute atomic E-state index is 5.88. The first-order valence-corrected chi connectivity index (χ1v) is 5.23. The Bertz CT molecular complexity index is 98.9. The molecule has 0 aliphatic heterocycles. The summed E-state index contributed by atoms with van der Waals surface area (Å²) < 4.78 is 0. The molecule has 0 aromatic rings. The molecule has 80 valence electrons. The molecule has 3 heteroatoms. The first-order chi connectivity index (χ1) is 5.72. The molecule has 0 spiro atoms. The standard InChI is InChI=1S/C10H24N2.BH3/c1-3-5-6-7-8-10(12)9(11)4-2;/h9-10H,3-8,11-12H2,1-2H3;1H3. The van der Waals surface area contributed by atoms with Gasteiger partial charge in [-0.2, -0.15) is 0 Å². The van der Waals surface area contributed by atoms with Gasteiger partial charge in [-0.05, 0) is 12.8 Å². The minimum Gasteiger partial charge on any atom is -0.326 e. The van der Waals surface area contributed by atoms with Crippen molar-refractivity contribution in [3.63, 3.8) is 0 Å². The minimum atomic E-state index is 0. The molecule has 13 heavy (non-hydrogen) atoms. The van der Waals surface area contributed by atoms with Gasteiger partial charge < -0.3 is 11.5 Å². The van der Waals surface area contributed by atoms with Crippen LogP contribution in [0.5, 0.6) is 0 Å². The van der Waals surface area contributed by atoms with E-state index in [1.165, 1.54) is 25.7 Å². The Morgan fingerprint density at radius 2 is 1.54 bits per heavy atom. The molecule has 0 fully saturated rings. The Morgan fingerprint density at radius 3 is 2.00 bits per heavy atom. The average molecular weight is 186 g/mol.